The van der Waals surface area contributed by atoms with Crippen LogP contribution in [0.15, 0.2) is 0 Å². The molecule has 3 unspecified atom stereocenters. The number of piperazine rings is 4. The Morgan fingerprint density at radius 1 is 0.788 bits per heavy atom. The Balaban J connectivity index is 0.000000381. The summed E-state index contributed by atoms with van der Waals surface area (Å²) in [5, 5.41) is 9.07. The minimum absolute atomic E-state index is 0.0949. The van der Waals surface area contributed by atoms with Gasteiger partial charge in [-0.3, -0.25) is 24.2 Å². The molecule has 0 aromatic rings. The first-order valence-corrected chi connectivity index (χ1v) is 18.2. The van der Waals surface area contributed by atoms with Crippen molar-refractivity contribution in [1.29, 1.82) is 0 Å². The van der Waals surface area contributed by atoms with Crippen LogP contribution in [0.2, 0.25) is 0 Å². The Bertz CT molecular complexity index is 1140. The number of fused-ring (bicyclic) bond motifs is 1. The molecule has 0 aliphatic carbocycles. The van der Waals surface area contributed by atoms with Crippen LogP contribution in [-0.4, -0.2) is 178 Å². The molecule has 0 saturated carbocycles. The van der Waals surface area contributed by atoms with E-state index in [9.17, 15) is 28.8 Å². The molecule has 0 bridgehead atoms. The summed E-state index contributed by atoms with van der Waals surface area (Å²) in [5.74, 6) is -0.478. The van der Waals surface area contributed by atoms with Gasteiger partial charge in [0.05, 0.1) is 27.3 Å². The molecular formula is C35H65N7O10. The van der Waals surface area contributed by atoms with Crippen molar-refractivity contribution in [1.82, 2.24) is 35.6 Å². The maximum Gasteiger partial charge on any atom is 0.410 e. The number of rotatable bonds is 5. The van der Waals surface area contributed by atoms with E-state index in [4.69, 9.17) is 14.2 Å². The van der Waals surface area contributed by atoms with Gasteiger partial charge < -0.3 is 49.5 Å². The molecule has 0 radical (unpaired) electrons. The second-order valence-corrected chi connectivity index (χ2v) is 14.6. The summed E-state index contributed by atoms with van der Waals surface area (Å²) in [5.41, 5.74) is -1.05. The Labute approximate surface area is 309 Å². The first-order chi connectivity index (χ1) is 24.4. The number of carbonyl (C=O) groups excluding carboxylic acids is 6. The van der Waals surface area contributed by atoms with Crippen LogP contribution in [0.3, 0.4) is 0 Å². The molecule has 17 heteroatoms. The highest BCUT2D eigenvalue weighted by molar-refractivity contribution is 5.83. The van der Waals surface area contributed by atoms with Crippen molar-refractivity contribution in [2.75, 3.05) is 92.8 Å². The monoisotopic (exact) mass is 743 g/mol. The smallest absolute Gasteiger partial charge is 0.410 e. The lowest BCUT2D eigenvalue weighted by atomic mass is 10.1. The van der Waals surface area contributed by atoms with Crippen molar-refractivity contribution in [2.45, 2.75) is 97.6 Å². The fourth-order valence-corrected chi connectivity index (χ4v) is 5.48. The third-order valence-corrected chi connectivity index (χ3v) is 7.96. The molecule has 3 atom stereocenters. The molecule has 4 aliphatic heterocycles. The highest BCUT2D eigenvalue weighted by atomic mass is 16.6. The first-order valence-electron chi connectivity index (χ1n) is 18.2. The number of aldehydes is 1. The summed E-state index contributed by atoms with van der Waals surface area (Å²) in [6, 6.07) is -0.778. The van der Waals surface area contributed by atoms with E-state index in [0.717, 1.165) is 52.0 Å². The van der Waals surface area contributed by atoms with Gasteiger partial charge in [0, 0.05) is 65.3 Å². The highest BCUT2D eigenvalue weighted by Crippen LogP contribution is 2.16. The maximum atomic E-state index is 12.1. The maximum absolute atomic E-state index is 12.1. The molecule has 17 nitrogen and oxygen atoms in total. The van der Waals surface area contributed by atoms with Crippen molar-refractivity contribution in [3.8, 4) is 0 Å². The van der Waals surface area contributed by atoms with E-state index in [1.807, 2.05) is 48.5 Å². The summed E-state index contributed by atoms with van der Waals surface area (Å²) < 4.78 is 20.1. The van der Waals surface area contributed by atoms with Crippen molar-refractivity contribution in [3.05, 3.63) is 0 Å². The van der Waals surface area contributed by atoms with Gasteiger partial charge in [0.15, 0.2) is 0 Å². The van der Waals surface area contributed by atoms with Crippen molar-refractivity contribution in [3.63, 3.8) is 0 Å². The van der Waals surface area contributed by atoms with Crippen molar-refractivity contribution < 1.29 is 47.7 Å². The molecule has 4 saturated heterocycles. The average molecular weight is 744 g/mol. The zero-order valence-corrected chi connectivity index (χ0v) is 33.1. The normalized spacial score (nSPS) is 22.2. The van der Waals surface area contributed by atoms with E-state index in [1.165, 1.54) is 19.1 Å². The van der Waals surface area contributed by atoms with Crippen LogP contribution in [0.1, 0.15) is 68.2 Å². The van der Waals surface area contributed by atoms with Crippen LogP contribution < -0.4 is 16.0 Å². The number of hydrogen-bond acceptors (Lipinski definition) is 14. The number of nitrogens with one attached hydrogen (secondary N) is 3. The number of hydrogen-bond donors (Lipinski definition) is 3. The van der Waals surface area contributed by atoms with Crippen LogP contribution in [-0.2, 0) is 38.1 Å². The number of methoxy groups -OCH3 is 2. The molecule has 3 amide bonds. The molecular weight excluding hydrogens is 678 g/mol. The Kier molecular flexibility index (Phi) is 20.7. The van der Waals surface area contributed by atoms with E-state index in [1.54, 1.807) is 4.90 Å². The van der Waals surface area contributed by atoms with Gasteiger partial charge in [0.1, 0.15) is 35.6 Å². The van der Waals surface area contributed by atoms with Crippen molar-refractivity contribution in [2.24, 2.45) is 0 Å². The van der Waals surface area contributed by atoms with Gasteiger partial charge in [-0.2, -0.15) is 0 Å². The number of ether oxygens (including phenoxy) is 4. The lowest BCUT2D eigenvalue weighted by Crippen LogP contribution is -2.62. The van der Waals surface area contributed by atoms with E-state index in [0.29, 0.717) is 39.1 Å². The Hall–Kier alpha value is -3.54. The summed E-state index contributed by atoms with van der Waals surface area (Å²) in [6.45, 7) is 23.2. The zero-order chi connectivity index (χ0) is 39.5. The topological polar surface area (TPSA) is 188 Å². The summed E-state index contributed by atoms with van der Waals surface area (Å²) in [6.07, 6.45) is 1.70. The van der Waals surface area contributed by atoms with E-state index in [2.05, 4.69) is 37.4 Å². The van der Waals surface area contributed by atoms with Gasteiger partial charge in [0.2, 0.25) is 5.91 Å². The van der Waals surface area contributed by atoms with Gasteiger partial charge in [-0.1, -0.05) is 13.8 Å². The fourth-order valence-electron chi connectivity index (χ4n) is 5.48. The molecule has 3 N–H and O–H groups in total. The van der Waals surface area contributed by atoms with E-state index >= 15 is 0 Å². The van der Waals surface area contributed by atoms with Crippen LogP contribution in [0.5, 0.6) is 0 Å². The quantitative estimate of drug-likeness (QED) is 0.204. The van der Waals surface area contributed by atoms with Crippen molar-refractivity contribution >= 4 is 36.3 Å². The average Bonchev–Trinajstić information content (AvgIpc) is 3.10. The second kappa shape index (κ2) is 23.2. The predicted molar refractivity (Wildman–Crippen MR) is 195 cm³/mol. The van der Waals surface area contributed by atoms with Gasteiger partial charge in [-0.05, 0) is 54.5 Å². The lowest BCUT2D eigenvalue weighted by Gasteiger charge is -2.40. The molecule has 0 aromatic carbocycles. The third-order valence-electron chi connectivity index (χ3n) is 7.96. The first kappa shape index (κ1) is 46.5. The van der Waals surface area contributed by atoms with Crippen LogP contribution >= 0.6 is 0 Å². The standard InChI is InChI=1S/C14H26N2O4.C11H20N2O4.C7H13N3O.C3H6O/c1-6-7-15-8-9-16(10-11(15)12(17)19-5)13(18)20-14(2,3)4;1-11(2,3)17-10(15)13-6-5-12-8(7-13)9(14)16-4;11-7-6-5-8-1-3-10(6)4-2-9-7;1-2-3-4/h11H,6-10H2,1-5H3;8,12H,5-7H2,1-4H3;6,8H,1-5H2,(H,9,11);3H,2H2,1H3. The molecule has 52 heavy (non-hydrogen) atoms. The molecule has 4 rings (SSSR count). The second-order valence-electron chi connectivity index (χ2n) is 14.6. The minimum atomic E-state index is -0.529. The fraction of sp³-hybridized carbons (Fsp3) is 0.829. The third kappa shape index (κ3) is 17.3. The number of esters is 2. The van der Waals surface area contributed by atoms with Gasteiger partial charge >= 0.3 is 24.1 Å². The molecule has 0 spiro atoms. The van der Waals surface area contributed by atoms with Crippen LogP contribution in [0, 0.1) is 0 Å². The molecule has 4 heterocycles. The Morgan fingerprint density at radius 2 is 1.35 bits per heavy atom. The predicted octanol–water partition coefficient (Wildman–Crippen LogP) is 0.844. The van der Waals surface area contributed by atoms with Gasteiger partial charge in [-0.15, -0.1) is 0 Å². The van der Waals surface area contributed by atoms with E-state index in [-0.39, 0.29) is 36.5 Å². The van der Waals surface area contributed by atoms with E-state index < -0.39 is 29.4 Å². The highest BCUT2D eigenvalue weighted by Gasteiger charge is 2.36. The Morgan fingerprint density at radius 3 is 1.85 bits per heavy atom. The molecule has 300 valence electrons. The summed E-state index contributed by atoms with van der Waals surface area (Å²) in [4.78, 5) is 74.9. The lowest BCUT2D eigenvalue weighted by molar-refractivity contribution is -0.149. The largest absolute Gasteiger partial charge is 0.468 e. The summed E-state index contributed by atoms with van der Waals surface area (Å²) >= 11 is 0. The number of amides is 3. The molecule has 4 fully saturated rings. The molecule has 4 aliphatic rings. The van der Waals surface area contributed by atoms with Crippen LogP contribution in [0.25, 0.3) is 0 Å². The minimum Gasteiger partial charge on any atom is -0.468 e. The van der Waals surface area contributed by atoms with Gasteiger partial charge in [-0.25, -0.2) is 9.59 Å². The van der Waals surface area contributed by atoms with Gasteiger partial charge in [0.25, 0.3) is 0 Å². The number of nitrogens with zero attached hydrogens (tertiary/aromatic N) is 4. The molecule has 0 aromatic heterocycles. The van der Waals surface area contributed by atoms with Crippen LogP contribution in [0.4, 0.5) is 9.59 Å². The summed E-state index contributed by atoms with van der Waals surface area (Å²) in [7, 11) is 2.70. The zero-order valence-electron chi connectivity index (χ0n) is 33.1. The SMILES string of the molecule is CCC=O.CCCN1CCN(C(=O)OC(C)(C)C)CC1C(=O)OC.COC(=O)C1CN(C(=O)OC(C)(C)C)CCN1.O=C1NCCN2CCNCC12. The number of carbonyl (C=O) groups is 6.